The molecular weight excluding hydrogens is 322 g/mol. The molecule has 1 aliphatic heterocycles. The molecule has 0 unspecified atom stereocenters. The van der Waals surface area contributed by atoms with Gasteiger partial charge in [0.15, 0.2) is 10.9 Å². The van der Waals surface area contributed by atoms with Gasteiger partial charge < -0.3 is 10.6 Å². The van der Waals surface area contributed by atoms with Gasteiger partial charge in [0.25, 0.3) is 0 Å². The summed E-state index contributed by atoms with van der Waals surface area (Å²) in [4.78, 5) is 30.7. The lowest BCUT2D eigenvalue weighted by Gasteiger charge is -2.36. The average molecular weight is 347 g/mol. The van der Waals surface area contributed by atoms with Gasteiger partial charge >= 0.3 is 0 Å². The zero-order valence-corrected chi connectivity index (χ0v) is 15.2. The van der Waals surface area contributed by atoms with E-state index in [2.05, 4.69) is 29.5 Å². The molecule has 6 heteroatoms. The molecule has 1 saturated carbocycles. The van der Waals surface area contributed by atoms with Crippen molar-refractivity contribution in [1.29, 1.82) is 0 Å². The first-order valence-corrected chi connectivity index (χ1v) is 9.76. The molecule has 1 aromatic rings. The van der Waals surface area contributed by atoms with E-state index in [0.29, 0.717) is 17.5 Å². The molecule has 0 aromatic carbocycles. The van der Waals surface area contributed by atoms with Crippen molar-refractivity contribution in [1.82, 2.24) is 10.3 Å². The summed E-state index contributed by atoms with van der Waals surface area (Å²) in [6.07, 6.45) is 5.78. The highest BCUT2D eigenvalue weighted by atomic mass is 32.1. The standard InChI is InChI=1S/C18H25N3O2S/c1-17(2)7-12-14(13(22)8-17)24-16(20-12)21-15(23)18-6-4-3-5-11(18)9-19-10-18/h11,19H,3-10H2,1-2H3,(H,20,21,23)/t11-,18+/m0/s1. The van der Waals surface area contributed by atoms with E-state index < -0.39 is 0 Å². The minimum atomic E-state index is -0.284. The second-order valence-corrected chi connectivity index (χ2v) is 9.42. The fourth-order valence-corrected chi connectivity index (χ4v) is 5.60. The van der Waals surface area contributed by atoms with Gasteiger partial charge in [-0.25, -0.2) is 4.98 Å². The van der Waals surface area contributed by atoms with E-state index in [1.165, 1.54) is 17.8 Å². The van der Waals surface area contributed by atoms with E-state index >= 15 is 0 Å². The number of anilines is 1. The van der Waals surface area contributed by atoms with Gasteiger partial charge in [-0.2, -0.15) is 0 Å². The van der Waals surface area contributed by atoms with Crippen LogP contribution in [0.2, 0.25) is 0 Å². The Bertz CT molecular complexity index is 696. The molecule has 2 heterocycles. The van der Waals surface area contributed by atoms with E-state index in [1.807, 2.05) is 0 Å². The maximum Gasteiger partial charge on any atom is 0.233 e. The quantitative estimate of drug-likeness (QED) is 0.863. The predicted octanol–water partition coefficient (Wildman–Crippen LogP) is 3.02. The largest absolute Gasteiger partial charge is 0.315 e. The van der Waals surface area contributed by atoms with Crippen LogP contribution >= 0.6 is 11.3 Å². The minimum absolute atomic E-state index is 0.0397. The van der Waals surface area contributed by atoms with Crippen LogP contribution in [0.25, 0.3) is 0 Å². The van der Waals surface area contributed by atoms with Crippen LogP contribution < -0.4 is 10.6 Å². The van der Waals surface area contributed by atoms with Gasteiger partial charge in [-0.05, 0) is 37.1 Å². The van der Waals surface area contributed by atoms with Gasteiger partial charge in [-0.15, -0.1) is 0 Å². The van der Waals surface area contributed by atoms with Gasteiger partial charge in [-0.1, -0.05) is 38.0 Å². The van der Waals surface area contributed by atoms with Crippen molar-refractivity contribution in [2.45, 2.75) is 52.4 Å². The molecular formula is C18H25N3O2S. The molecule has 2 atom stereocenters. The summed E-state index contributed by atoms with van der Waals surface area (Å²) in [5, 5.41) is 7.06. The Labute approximate surface area is 146 Å². The van der Waals surface area contributed by atoms with E-state index in [9.17, 15) is 9.59 Å². The van der Waals surface area contributed by atoms with Gasteiger partial charge in [0.2, 0.25) is 5.91 Å². The maximum absolute atomic E-state index is 13.0. The first kappa shape index (κ1) is 16.2. The first-order chi connectivity index (χ1) is 11.4. The second kappa shape index (κ2) is 5.63. The Morgan fingerprint density at radius 1 is 1.33 bits per heavy atom. The average Bonchev–Trinajstić information content (AvgIpc) is 3.10. The lowest BCUT2D eigenvalue weighted by atomic mass is 9.68. The van der Waals surface area contributed by atoms with Crippen LogP contribution in [-0.4, -0.2) is 29.8 Å². The molecule has 5 nitrogen and oxygen atoms in total. The SMILES string of the molecule is CC1(C)CC(=O)c2sc(NC(=O)[C@@]34CCCC[C@H]3CNC4)nc2C1. The lowest BCUT2D eigenvalue weighted by molar-refractivity contribution is -0.128. The Hall–Kier alpha value is -1.27. The van der Waals surface area contributed by atoms with Crippen molar-refractivity contribution in [2.24, 2.45) is 16.7 Å². The van der Waals surface area contributed by atoms with Crippen LogP contribution in [0.3, 0.4) is 0 Å². The highest BCUT2D eigenvalue weighted by Gasteiger charge is 2.50. The van der Waals surface area contributed by atoms with Crippen LogP contribution in [-0.2, 0) is 11.2 Å². The minimum Gasteiger partial charge on any atom is -0.315 e. The van der Waals surface area contributed by atoms with Crippen LogP contribution in [0.5, 0.6) is 0 Å². The smallest absolute Gasteiger partial charge is 0.233 e. The Morgan fingerprint density at radius 3 is 3.00 bits per heavy atom. The molecule has 130 valence electrons. The van der Waals surface area contributed by atoms with Crippen molar-refractivity contribution < 1.29 is 9.59 Å². The van der Waals surface area contributed by atoms with Gasteiger partial charge in [0.05, 0.1) is 16.0 Å². The summed E-state index contributed by atoms with van der Waals surface area (Å²) >= 11 is 1.35. The number of fused-ring (bicyclic) bond motifs is 2. The fourth-order valence-electron chi connectivity index (χ4n) is 4.69. The number of Topliss-reactive ketones (excluding diaryl/α,β-unsaturated/α-hetero) is 1. The lowest BCUT2D eigenvalue weighted by Crippen LogP contribution is -2.44. The second-order valence-electron chi connectivity index (χ2n) is 8.42. The molecule has 3 aliphatic rings. The monoisotopic (exact) mass is 347 g/mol. The molecule has 0 spiro atoms. The number of amides is 1. The molecule has 24 heavy (non-hydrogen) atoms. The fraction of sp³-hybridized carbons (Fsp3) is 0.722. The van der Waals surface area contributed by atoms with Gasteiger partial charge in [0.1, 0.15) is 0 Å². The highest BCUT2D eigenvalue weighted by Crippen LogP contribution is 2.45. The third-order valence-corrected chi connectivity index (χ3v) is 7.00. The van der Waals surface area contributed by atoms with Crippen molar-refractivity contribution in [3.63, 3.8) is 0 Å². The molecule has 2 N–H and O–H groups in total. The van der Waals surface area contributed by atoms with Gasteiger partial charge in [-0.3, -0.25) is 9.59 Å². The maximum atomic E-state index is 13.0. The molecule has 2 fully saturated rings. The van der Waals surface area contributed by atoms with E-state index in [-0.39, 0.29) is 22.5 Å². The molecule has 0 radical (unpaired) electrons. The summed E-state index contributed by atoms with van der Waals surface area (Å²) in [6.45, 7) is 5.90. The number of hydrogen-bond acceptors (Lipinski definition) is 5. The third-order valence-electron chi connectivity index (χ3n) is 5.95. The predicted molar refractivity (Wildman–Crippen MR) is 94.4 cm³/mol. The molecule has 1 amide bonds. The number of carbonyl (C=O) groups is 2. The summed E-state index contributed by atoms with van der Waals surface area (Å²) in [7, 11) is 0. The number of thiazole rings is 1. The van der Waals surface area contributed by atoms with Crippen molar-refractivity contribution in [3.05, 3.63) is 10.6 Å². The molecule has 2 aliphatic carbocycles. The Morgan fingerprint density at radius 2 is 2.17 bits per heavy atom. The van der Waals surface area contributed by atoms with Crippen molar-refractivity contribution >= 4 is 28.2 Å². The topological polar surface area (TPSA) is 71.1 Å². The molecule has 1 aromatic heterocycles. The number of nitrogens with zero attached hydrogens (tertiary/aromatic N) is 1. The van der Waals surface area contributed by atoms with Crippen LogP contribution in [0.1, 0.15) is 61.3 Å². The normalized spacial score (nSPS) is 31.4. The van der Waals surface area contributed by atoms with Crippen molar-refractivity contribution in [2.75, 3.05) is 18.4 Å². The summed E-state index contributed by atoms with van der Waals surface area (Å²) in [5.41, 5.74) is 0.536. The zero-order valence-electron chi connectivity index (χ0n) is 14.4. The molecule has 0 bridgehead atoms. The highest BCUT2D eigenvalue weighted by molar-refractivity contribution is 7.17. The summed E-state index contributed by atoms with van der Waals surface area (Å²) in [6, 6.07) is 0. The van der Waals surface area contributed by atoms with E-state index in [1.54, 1.807) is 0 Å². The summed E-state index contributed by atoms with van der Waals surface area (Å²) in [5.74, 6) is 0.687. The van der Waals surface area contributed by atoms with Crippen LogP contribution in [0.15, 0.2) is 0 Å². The molecule has 4 rings (SSSR count). The molecule has 1 saturated heterocycles. The number of ketones is 1. The number of aromatic nitrogens is 1. The van der Waals surface area contributed by atoms with Crippen molar-refractivity contribution in [3.8, 4) is 0 Å². The Balaban J connectivity index is 1.56. The van der Waals surface area contributed by atoms with Crippen LogP contribution in [0, 0.1) is 16.7 Å². The number of rotatable bonds is 2. The summed E-state index contributed by atoms with van der Waals surface area (Å²) < 4.78 is 0. The van der Waals surface area contributed by atoms with E-state index in [4.69, 9.17) is 0 Å². The first-order valence-electron chi connectivity index (χ1n) is 8.95. The number of nitrogens with one attached hydrogen (secondary N) is 2. The zero-order chi connectivity index (χ0) is 16.9. The van der Waals surface area contributed by atoms with E-state index in [0.717, 1.165) is 49.3 Å². The van der Waals surface area contributed by atoms with Gasteiger partial charge in [0, 0.05) is 13.0 Å². The Kier molecular flexibility index (Phi) is 3.80. The third kappa shape index (κ3) is 2.60. The number of carbonyl (C=O) groups excluding carboxylic acids is 2. The number of hydrogen-bond donors (Lipinski definition) is 2. The van der Waals surface area contributed by atoms with Crippen LogP contribution in [0.4, 0.5) is 5.13 Å².